The molecular weight excluding hydrogens is 518 g/mol. The summed E-state index contributed by atoms with van der Waals surface area (Å²) < 4.78 is 13.1. The maximum Gasteiger partial charge on any atom is 0.253 e. The predicted octanol–water partition coefficient (Wildman–Crippen LogP) is 4.23. The average Bonchev–Trinajstić information content (AvgIpc) is 3.72. The highest BCUT2D eigenvalue weighted by atomic mass is 35.5. The van der Waals surface area contributed by atoms with Gasteiger partial charge in [0.05, 0.1) is 11.6 Å². The van der Waals surface area contributed by atoms with Gasteiger partial charge in [-0.15, -0.1) is 5.10 Å². The zero-order chi connectivity index (χ0) is 26.5. The Morgan fingerprint density at radius 2 is 1.79 bits per heavy atom. The second kappa shape index (κ2) is 9.84. The molecule has 0 unspecified atom stereocenters. The van der Waals surface area contributed by atoms with Gasteiger partial charge in [-0.3, -0.25) is 9.69 Å². The number of nitrogens with one attached hydrogen (secondary N) is 1. The van der Waals surface area contributed by atoms with Crippen LogP contribution in [0.15, 0.2) is 41.2 Å². The van der Waals surface area contributed by atoms with Crippen LogP contribution in [0.5, 0.6) is 11.5 Å². The molecule has 7 rings (SSSR count). The fourth-order valence-electron chi connectivity index (χ4n) is 6.25. The zero-order valence-electron chi connectivity index (χ0n) is 21.8. The van der Waals surface area contributed by atoms with Crippen molar-refractivity contribution >= 4 is 28.2 Å². The molecule has 0 spiro atoms. The summed E-state index contributed by atoms with van der Waals surface area (Å²) in [5.41, 5.74) is 3.53. The molecule has 4 aromatic rings. The third-order valence-corrected chi connectivity index (χ3v) is 8.52. The number of halogens is 1. The van der Waals surface area contributed by atoms with Crippen molar-refractivity contribution in [1.29, 1.82) is 0 Å². The molecule has 11 heteroatoms. The third kappa shape index (κ3) is 4.41. The van der Waals surface area contributed by atoms with Gasteiger partial charge in [-0.25, -0.2) is 4.68 Å². The van der Waals surface area contributed by atoms with Gasteiger partial charge >= 0.3 is 0 Å². The molecule has 1 saturated heterocycles. The third-order valence-electron chi connectivity index (χ3n) is 8.29. The van der Waals surface area contributed by atoms with Gasteiger partial charge in [-0.2, -0.15) is 0 Å². The van der Waals surface area contributed by atoms with Crippen molar-refractivity contribution in [2.24, 2.45) is 0 Å². The lowest BCUT2D eigenvalue weighted by Crippen LogP contribution is -2.49. The summed E-state index contributed by atoms with van der Waals surface area (Å²) >= 11 is 6.33. The fraction of sp³-hybridized carbons (Fsp3) is 0.429. The van der Waals surface area contributed by atoms with Crippen molar-refractivity contribution in [1.82, 2.24) is 30.1 Å². The molecule has 10 nitrogen and oxygen atoms in total. The normalized spacial score (nSPS) is 18.8. The van der Waals surface area contributed by atoms with E-state index in [1.165, 1.54) is 5.56 Å². The van der Waals surface area contributed by atoms with Crippen molar-refractivity contribution in [2.45, 2.75) is 44.7 Å². The highest BCUT2D eigenvalue weighted by Gasteiger charge is 2.35. The Balaban J connectivity index is 1.28. The summed E-state index contributed by atoms with van der Waals surface area (Å²) in [5, 5.41) is 14.7. The number of aromatic amines is 1. The number of fused-ring (bicyclic) bond motifs is 2. The van der Waals surface area contributed by atoms with Crippen LogP contribution in [0.4, 0.5) is 5.69 Å². The monoisotopic (exact) mass is 547 g/mol. The highest BCUT2D eigenvalue weighted by molar-refractivity contribution is 6.30. The second-order valence-corrected chi connectivity index (χ2v) is 11.1. The number of aromatic nitrogens is 5. The molecule has 39 heavy (non-hydrogen) atoms. The van der Waals surface area contributed by atoms with Gasteiger partial charge in [-0.1, -0.05) is 30.5 Å². The first kappa shape index (κ1) is 24.4. The van der Waals surface area contributed by atoms with Crippen molar-refractivity contribution in [2.75, 3.05) is 37.9 Å². The first-order chi connectivity index (χ1) is 19.0. The lowest BCUT2D eigenvalue weighted by atomic mass is 10.0. The van der Waals surface area contributed by atoms with Gasteiger partial charge in [-0.05, 0) is 60.0 Å². The molecule has 2 aromatic carbocycles. The van der Waals surface area contributed by atoms with Gasteiger partial charge in [0.2, 0.25) is 6.79 Å². The second-order valence-electron chi connectivity index (χ2n) is 10.6. The molecule has 4 heterocycles. The molecule has 0 bridgehead atoms. The number of piperazine rings is 1. The Kier molecular flexibility index (Phi) is 6.16. The minimum absolute atomic E-state index is 0.152. The van der Waals surface area contributed by atoms with Gasteiger partial charge in [0.25, 0.3) is 5.56 Å². The van der Waals surface area contributed by atoms with Gasteiger partial charge < -0.3 is 19.4 Å². The van der Waals surface area contributed by atoms with Crippen LogP contribution in [0.2, 0.25) is 5.02 Å². The van der Waals surface area contributed by atoms with Gasteiger partial charge in [0.15, 0.2) is 17.3 Å². The summed E-state index contributed by atoms with van der Waals surface area (Å²) in [5.74, 6) is 2.04. The van der Waals surface area contributed by atoms with Crippen molar-refractivity contribution in [3.63, 3.8) is 0 Å². The quantitative estimate of drug-likeness (QED) is 0.396. The van der Waals surface area contributed by atoms with E-state index in [1.807, 2.05) is 35.0 Å². The average molecular weight is 548 g/mol. The molecule has 1 aliphatic carbocycles. The van der Waals surface area contributed by atoms with E-state index in [0.717, 1.165) is 73.8 Å². The Morgan fingerprint density at radius 3 is 2.59 bits per heavy atom. The van der Waals surface area contributed by atoms with Crippen LogP contribution in [-0.4, -0.2) is 63.1 Å². The molecule has 1 saturated carbocycles. The number of benzene rings is 2. The van der Waals surface area contributed by atoms with Crippen molar-refractivity contribution in [3.8, 4) is 11.5 Å². The highest BCUT2D eigenvalue weighted by Crippen LogP contribution is 2.38. The van der Waals surface area contributed by atoms with Gasteiger partial charge in [0, 0.05) is 53.9 Å². The van der Waals surface area contributed by atoms with Crippen LogP contribution in [0, 0.1) is 6.92 Å². The summed E-state index contributed by atoms with van der Waals surface area (Å²) in [6.45, 7) is 5.37. The SMILES string of the molecule is Cc1ccc(Cl)cc1N1CCN([C@H](c2cc3cc4c(cc3[nH]c2=O)OCO4)c2nnnn2C2CCCC2)CC1. The number of hydrogen-bond acceptors (Lipinski definition) is 8. The Hall–Kier alpha value is -3.63. The number of H-pyrrole nitrogens is 1. The van der Waals surface area contributed by atoms with Crippen LogP contribution in [0.3, 0.4) is 0 Å². The Morgan fingerprint density at radius 1 is 1.03 bits per heavy atom. The summed E-state index contributed by atoms with van der Waals surface area (Å²) in [6.07, 6.45) is 4.42. The van der Waals surface area contributed by atoms with E-state index in [4.69, 9.17) is 21.1 Å². The molecule has 202 valence electrons. The maximum absolute atomic E-state index is 13.7. The number of nitrogens with zero attached hydrogens (tertiary/aromatic N) is 6. The van der Waals surface area contributed by atoms with Crippen molar-refractivity contribution < 1.29 is 9.47 Å². The first-order valence-corrected chi connectivity index (χ1v) is 13.9. The molecular formula is C28H30ClN7O3. The van der Waals surface area contributed by atoms with E-state index in [0.29, 0.717) is 22.6 Å². The van der Waals surface area contributed by atoms with E-state index in [2.05, 4.69) is 43.3 Å². The molecule has 1 N–H and O–H groups in total. The van der Waals surface area contributed by atoms with Crippen LogP contribution in [0.25, 0.3) is 10.9 Å². The van der Waals surface area contributed by atoms with Crippen molar-refractivity contribution in [3.05, 3.63) is 68.7 Å². The minimum atomic E-state index is -0.387. The molecule has 1 atom stereocenters. The largest absolute Gasteiger partial charge is 0.454 e. The Bertz CT molecular complexity index is 1590. The van der Waals surface area contributed by atoms with E-state index in [1.54, 1.807) is 0 Å². The Labute approximate surface area is 230 Å². The fourth-order valence-corrected chi connectivity index (χ4v) is 6.42. The number of ether oxygens (including phenoxy) is 2. The van der Waals surface area contributed by atoms with Gasteiger partial charge in [0.1, 0.15) is 6.04 Å². The topological polar surface area (TPSA) is 101 Å². The number of aryl methyl sites for hydroxylation is 1. The summed E-state index contributed by atoms with van der Waals surface area (Å²) in [6, 6.07) is 11.6. The number of pyridine rings is 1. The standard InChI is InChI=1S/C28H30ClN7O3/c1-17-6-7-19(29)14-23(17)34-8-10-35(11-9-34)26(27-31-32-33-36(27)20-4-2-3-5-20)21-12-18-13-24-25(39-16-38-24)15-22(18)30-28(21)37/h6-7,12-15,20,26H,2-5,8-11,16H2,1H3,(H,30,37)/t26-/m1/s1. The lowest BCUT2D eigenvalue weighted by molar-refractivity contribution is 0.174. The molecule has 3 aliphatic rings. The smallest absolute Gasteiger partial charge is 0.253 e. The van der Waals surface area contributed by atoms with E-state index >= 15 is 0 Å². The molecule has 0 amide bonds. The minimum Gasteiger partial charge on any atom is -0.454 e. The zero-order valence-corrected chi connectivity index (χ0v) is 22.5. The number of tetrazole rings is 1. The first-order valence-electron chi connectivity index (χ1n) is 13.5. The summed E-state index contributed by atoms with van der Waals surface area (Å²) in [7, 11) is 0. The van der Waals surface area contributed by atoms with E-state index in [-0.39, 0.29) is 24.4 Å². The molecule has 0 radical (unpaired) electrons. The van der Waals surface area contributed by atoms with E-state index in [9.17, 15) is 4.79 Å². The maximum atomic E-state index is 13.7. The van der Waals surface area contributed by atoms with Crippen LogP contribution >= 0.6 is 11.6 Å². The molecule has 2 aliphatic heterocycles. The number of rotatable bonds is 5. The lowest BCUT2D eigenvalue weighted by Gasteiger charge is -2.40. The number of anilines is 1. The molecule has 2 aromatic heterocycles. The van der Waals surface area contributed by atoms with Crippen LogP contribution in [0.1, 0.15) is 54.7 Å². The summed E-state index contributed by atoms with van der Waals surface area (Å²) in [4.78, 5) is 21.4. The van der Waals surface area contributed by atoms with Crippen LogP contribution in [-0.2, 0) is 0 Å². The molecule has 2 fully saturated rings. The van der Waals surface area contributed by atoms with Crippen LogP contribution < -0.4 is 19.9 Å². The number of hydrogen-bond donors (Lipinski definition) is 1. The van der Waals surface area contributed by atoms with E-state index < -0.39 is 0 Å². The predicted molar refractivity (Wildman–Crippen MR) is 148 cm³/mol.